The molecule has 0 spiro atoms. The summed E-state index contributed by atoms with van der Waals surface area (Å²) in [4.78, 5) is 11.3. The first kappa shape index (κ1) is 10.7. The fraction of sp³-hybridized carbons (Fsp3) is 0.100. The van der Waals surface area contributed by atoms with Gasteiger partial charge < -0.3 is 0 Å². The molecule has 6 heteroatoms. The average molecular weight is 238 g/mol. The molecule has 1 aromatic heterocycles. The Morgan fingerprint density at radius 1 is 1.19 bits per heavy atom. The molecule has 1 heterocycles. The van der Waals surface area contributed by atoms with Crippen LogP contribution in [0, 0.1) is 0 Å². The van der Waals surface area contributed by atoms with Crippen LogP contribution in [-0.2, 0) is 16.9 Å². The first-order valence-corrected chi connectivity index (χ1v) is 6.06. The van der Waals surface area contributed by atoms with Crippen LogP contribution < -0.4 is 5.56 Å². The molecule has 0 amide bonds. The van der Waals surface area contributed by atoms with E-state index >= 15 is 0 Å². The third-order valence-electron chi connectivity index (χ3n) is 2.16. The summed E-state index contributed by atoms with van der Waals surface area (Å²) in [5.74, 6) is 0. The lowest BCUT2D eigenvalue weighted by Gasteiger charge is -1.99. The standard InChI is InChI=1S/C10H10N2O3S/c1-12-7-9(10(13)11-12)16(14,15)8-5-3-2-4-6-8/h2-7H,1H3,(H,11,13). The van der Waals surface area contributed by atoms with Gasteiger partial charge in [-0.1, -0.05) is 18.2 Å². The molecule has 0 fully saturated rings. The van der Waals surface area contributed by atoms with Gasteiger partial charge in [0.05, 0.1) is 4.90 Å². The third-order valence-corrected chi connectivity index (χ3v) is 3.92. The van der Waals surface area contributed by atoms with E-state index in [1.165, 1.54) is 23.0 Å². The van der Waals surface area contributed by atoms with E-state index in [4.69, 9.17) is 0 Å². The molecule has 1 aromatic carbocycles. The van der Waals surface area contributed by atoms with Gasteiger partial charge in [0.1, 0.15) is 0 Å². The molecular formula is C10H10N2O3S. The number of H-pyrrole nitrogens is 1. The molecule has 5 nitrogen and oxygen atoms in total. The van der Waals surface area contributed by atoms with Crippen molar-refractivity contribution in [1.82, 2.24) is 9.78 Å². The highest BCUT2D eigenvalue weighted by atomic mass is 32.2. The second-order valence-electron chi connectivity index (χ2n) is 3.36. The van der Waals surface area contributed by atoms with Crippen molar-refractivity contribution in [2.45, 2.75) is 9.79 Å². The van der Waals surface area contributed by atoms with Crippen LogP contribution in [-0.4, -0.2) is 18.2 Å². The molecule has 0 atom stereocenters. The fourth-order valence-electron chi connectivity index (χ4n) is 1.40. The Morgan fingerprint density at radius 2 is 1.81 bits per heavy atom. The molecule has 0 saturated carbocycles. The van der Waals surface area contributed by atoms with E-state index in [0.717, 1.165) is 0 Å². The predicted molar refractivity (Wildman–Crippen MR) is 57.9 cm³/mol. The van der Waals surface area contributed by atoms with E-state index in [1.54, 1.807) is 25.2 Å². The van der Waals surface area contributed by atoms with Crippen molar-refractivity contribution in [3.8, 4) is 0 Å². The van der Waals surface area contributed by atoms with Crippen molar-refractivity contribution in [3.63, 3.8) is 0 Å². The lowest BCUT2D eigenvalue weighted by atomic mass is 10.4. The van der Waals surface area contributed by atoms with Gasteiger partial charge >= 0.3 is 0 Å². The Labute approximate surface area is 92.2 Å². The Bertz CT molecular complexity index is 653. The van der Waals surface area contributed by atoms with E-state index < -0.39 is 15.4 Å². The van der Waals surface area contributed by atoms with Gasteiger partial charge in [-0.05, 0) is 12.1 Å². The smallest absolute Gasteiger partial charge is 0.283 e. The predicted octanol–water partition coefficient (Wildman–Crippen LogP) is 0.546. The highest BCUT2D eigenvalue weighted by molar-refractivity contribution is 7.91. The number of aromatic nitrogens is 2. The Balaban J connectivity index is 2.65. The lowest BCUT2D eigenvalue weighted by Crippen LogP contribution is -2.12. The van der Waals surface area contributed by atoms with E-state index in [-0.39, 0.29) is 9.79 Å². The minimum absolute atomic E-state index is 0.117. The Kier molecular flexibility index (Phi) is 2.43. The second-order valence-corrected chi connectivity index (χ2v) is 5.28. The largest absolute Gasteiger partial charge is 0.294 e. The summed E-state index contributed by atoms with van der Waals surface area (Å²) in [5, 5.41) is 2.37. The first-order valence-electron chi connectivity index (χ1n) is 4.57. The van der Waals surface area contributed by atoms with Gasteiger partial charge in [-0.15, -0.1) is 0 Å². The molecule has 0 saturated heterocycles. The SMILES string of the molecule is Cn1cc(S(=O)(=O)c2ccccc2)c(=O)[nH]1. The maximum atomic E-state index is 12.0. The van der Waals surface area contributed by atoms with E-state index in [0.29, 0.717) is 0 Å². The molecule has 0 aliphatic heterocycles. The molecule has 16 heavy (non-hydrogen) atoms. The maximum Gasteiger partial charge on any atom is 0.283 e. The number of rotatable bonds is 2. The number of aryl methyl sites for hydroxylation is 1. The second kappa shape index (κ2) is 3.64. The zero-order valence-electron chi connectivity index (χ0n) is 8.54. The molecule has 1 N–H and O–H groups in total. The van der Waals surface area contributed by atoms with Gasteiger partial charge in [-0.25, -0.2) is 8.42 Å². The Hall–Kier alpha value is -1.82. The summed E-state index contributed by atoms with van der Waals surface area (Å²) in [6, 6.07) is 7.87. The summed E-state index contributed by atoms with van der Waals surface area (Å²) in [6.07, 6.45) is 1.27. The minimum atomic E-state index is -3.71. The van der Waals surface area contributed by atoms with E-state index in [2.05, 4.69) is 5.10 Å². The molecule has 0 bridgehead atoms. The molecule has 2 aromatic rings. The number of hydrogen-bond acceptors (Lipinski definition) is 3. The average Bonchev–Trinajstić information content (AvgIpc) is 2.60. The maximum absolute atomic E-state index is 12.0. The van der Waals surface area contributed by atoms with Gasteiger partial charge in [0.2, 0.25) is 9.84 Å². The first-order chi connectivity index (χ1) is 7.51. The van der Waals surface area contributed by atoms with Crippen molar-refractivity contribution in [2.24, 2.45) is 7.05 Å². The third kappa shape index (κ3) is 1.67. The number of sulfone groups is 1. The van der Waals surface area contributed by atoms with Crippen LogP contribution in [0.1, 0.15) is 0 Å². The summed E-state index contributed by atoms with van der Waals surface area (Å²) in [7, 11) is -2.15. The lowest BCUT2D eigenvalue weighted by molar-refractivity contribution is 0.595. The topological polar surface area (TPSA) is 71.9 Å². The number of aromatic amines is 1. The zero-order chi connectivity index (χ0) is 11.8. The van der Waals surface area contributed by atoms with Crippen LogP contribution in [0.2, 0.25) is 0 Å². The van der Waals surface area contributed by atoms with Crippen LogP contribution in [0.5, 0.6) is 0 Å². The van der Waals surface area contributed by atoms with Crippen molar-refractivity contribution in [2.75, 3.05) is 0 Å². The molecule has 84 valence electrons. The van der Waals surface area contributed by atoms with Gasteiger partial charge in [0, 0.05) is 13.2 Å². The number of nitrogens with zero attached hydrogens (tertiary/aromatic N) is 1. The van der Waals surface area contributed by atoms with Gasteiger partial charge in [-0.3, -0.25) is 14.6 Å². The van der Waals surface area contributed by atoms with Crippen molar-refractivity contribution in [1.29, 1.82) is 0 Å². The quantitative estimate of drug-likeness (QED) is 0.830. The molecule has 0 aliphatic carbocycles. The van der Waals surface area contributed by atoms with Crippen molar-refractivity contribution >= 4 is 9.84 Å². The Morgan fingerprint density at radius 3 is 2.31 bits per heavy atom. The van der Waals surface area contributed by atoms with Crippen LogP contribution in [0.4, 0.5) is 0 Å². The van der Waals surface area contributed by atoms with Crippen LogP contribution in [0.15, 0.2) is 51.1 Å². The highest BCUT2D eigenvalue weighted by Gasteiger charge is 2.22. The van der Waals surface area contributed by atoms with Crippen molar-refractivity contribution < 1.29 is 8.42 Å². The van der Waals surface area contributed by atoms with E-state index in [1.807, 2.05) is 0 Å². The zero-order valence-corrected chi connectivity index (χ0v) is 9.36. The molecule has 0 aliphatic rings. The number of nitrogens with one attached hydrogen (secondary N) is 1. The normalized spacial score (nSPS) is 11.6. The monoisotopic (exact) mass is 238 g/mol. The molecule has 0 unspecified atom stereocenters. The fourth-order valence-corrected chi connectivity index (χ4v) is 2.76. The molecular weight excluding hydrogens is 228 g/mol. The summed E-state index contributed by atoms with van der Waals surface area (Å²) in [5.41, 5.74) is -0.605. The summed E-state index contributed by atoms with van der Waals surface area (Å²) >= 11 is 0. The van der Waals surface area contributed by atoms with Crippen LogP contribution >= 0.6 is 0 Å². The van der Waals surface area contributed by atoms with Gasteiger partial charge in [-0.2, -0.15) is 0 Å². The molecule has 0 radical (unpaired) electrons. The molecule has 2 rings (SSSR count). The van der Waals surface area contributed by atoms with Crippen LogP contribution in [0.25, 0.3) is 0 Å². The van der Waals surface area contributed by atoms with Gasteiger partial charge in [0.25, 0.3) is 5.56 Å². The van der Waals surface area contributed by atoms with Crippen LogP contribution in [0.3, 0.4) is 0 Å². The van der Waals surface area contributed by atoms with Crippen molar-refractivity contribution in [3.05, 3.63) is 46.9 Å². The number of benzene rings is 1. The summed E-state index contributed by atoms with van der Waals surface area (Å²) < 4.78 is 25.4. The minimum Gasteiger partial charge on any atom is -0.294 e. The van der Waals surface area contributed by atoms with E-state index in [9.17, 15) is 13.2 Å². The van der Waals surface area contributed by atoms with Gasteiger partial charge in [0.15, 0.2) is 4.90 Å². The highest BCUT2D eigenvalue weighted by Crippen LogP contribution is 2.16. The number of hydrogen-bond donors (Lipinski definition) is 1. The summed E-state index contributed by atoms with van der Waals surface area (Å²) in [6.45, 7) is 0.